The van der Waals surface area contributed by atoms with E-state index in [0.29, 0.717) is 15.6 Å². The van der Waals surface area contributed by atoms with Crippen LogP contribution in [0.25, 0.3) is 10.2 Å². The number of nitrogens with zero attached hydrogens (tertiary/aromatic N) is 2. The van der Waals surface area contributed by atoms with Crippen LogP contribution in [0.4, 0.5) is 0 Å². The van der Waals surface area contributed by atoms with Crippen molar-refractivity contribution in [3.05, 3.63) is 56.8 Å². The van der Waals surface area contributed by atoms with Crippen LogP contribution in [0, 0.1) is 13.8 Å². The zero-order valence-electron chi connectivity index (χ0n) is 14.6. The molecular formula is C19H19ClN2O2S. The number of fused-ring (bicyclic) bond motifs is 1. The molecular weight excluding hydrogens is 356 g/mol. The molecule has 2 aromatic carbocycles. The molecule has 0 fully saturated rings. The molecule has 0 saturated heterocycles. The van der Waals surface area contributed by atoms with E-state index in [2.05, 4.69) is 4.99 Å². The summed E-state index contributed by atoms with van der Waals surface area (Å²) in [5, 5.41) is 0.689. The number of hydrogen-bond donors (Lipinski definition) is 0. The lowest BCUT2D eigenvalue weighted by molar-refractivity contribution is -0.117. The van der Waals surface area contributed by atoms with Gasteiger partial charge in [-0.2, -0.15) is 4.99 Å². The first-order chi connectivity index (χ1) is 11.9. The number of benzene rings is 2. The molecule has 0 aliphatic heterocycles. The van der Waals surface area contributed by atoms with Gasteiger partial charge in [-0.1, -0.05) is 40.6 Å². The first kappa shape index (κ1) is 17.7. The maximum Gasteiger partial charge on any atom is 0.252 e. The van der Waals surface area contributed by atoms with Gasteiger partial charge in [-0.25, -0.2) is 0 Å². The van der Waals surface area contributed by atoms with Gasteiger partial charge in [0, 0.05) is 17.6 Å². The summed E-state index contributed by atoms with van der Waals surface area (Å²) in [6.45, 7) is 3.99. The second-order valence-electron chi connectivity index (χ2n) is 6.01. The van der Waals surface area contributed by atoms with Gasteiger partial charge in [-0.05, 0) is 37.6 Å². The van der Waals surface area contributed by atoms with Crippen LogP contribution in [0.2, 0.25) is 5.02 Å². The zero-order valence-corrected chi connectivity index (χ0v) is 16.2. The molecule has 0 N–H and O–H groups in total. The minimum atomic E-state index is -0.199. The monoisotopic (exact) mass is 374 g/mol. The molecule has 0 radical (unpaired) electrons. The van der Waals surface area contributed by atoms with Gasteiger partial charge in [-0.15, -0.1) is 0 Å². The van der Waals surface area contributed by atoms with Gasteiger partial charge in [-0.3, -0.25) is 4.79 Å². The number of carbonyl (C=O) groups is 1. The third-order valence-corrected chi connectivity index (χ3v) is 5.35. The van der Waals surface area contributed by atoms with Gasteiger partial charge in [0.1, 0.15) is 5.75 Å². The van der Waals surface area contributed by atoms with E-state index < -0.39 is 0 Å². The van der Waals surface area contributed by atoms with Gasteiger partial charge >= 0.3 is 0 Å². The highest BCUT2D eigenvalue weighted by molar-refractivity contribution is 7.16. The van der Waals surface area contributed by atoms with E-state index in [1.807, 2.05) is 55.8 Å². The highest BCUT2D eigenvalue weighted by Gasteiger charge is 2.11. The van der Waals surface area contributed by atoms with Crippen molar-refractivity contribution in [1.29, 1.82) is 0 Å². The molecule has 0 unspecified atom stereocenters. The van der Waals surface area contributed by atoms with Crippen molar-refractivity contribution in [2.75, 3.05) is 7.11 Å². The van der Waals surface area contributed by atoms with Crippen molar-refractivity contribution in [1.82, 2.24) is 4.57 Å². The number of methoxy groups -OCH3 is 1. The van der Waals surface area contributed by atoms with E-state index in [4.69, 9.17) is 16.3 Å². The summed E-state index contributed by atoms with van der Waals surface area (Å²) >= 11 is 7.60. The fraction of sp³-hybridized carbons (Fsp3) is 0.263. The minimum Gasteiger partial charge on any atom is -0.496 e. The molecule has 6 heteroatoms. The van der Waals surface area contributed by atoms with Crippen LogP contribution in [0.5, 0.6) is 5.75 Å². The standard InChI is InChI=1S/C19H19ClN2O2S/c1-11-5-6-15(24-4)13(7-11)9-17(23)21-19-22(3)18-12(2)8-14(20)10-16(18)25-19/h5-8,10H,9H2,1-4H3. The molecule has 0 spiro atoms. The Balaban J connectivity index is 2.00. The quantitative estimate of drug-likeness (QED) is 0.690. The molecule has 3 aromatic rings. The Morgan fingerprint density at radius 2 is 2.04 bits per heavy atom. The summed E-state index contributed by atoms with van der Waals surface area (Å²) in [7, 11) is 3.52. The van der Waals surface area contributed by atoms with E-state index in [9.17, 15) is 4.79 Å². The number of rotatable bonds is 3. The van der Waals surface area contributed by atoms with Crippen LogP contribution in [-0.4, -0.2) is 17.6 Å². The molecule has 0 aliphatic carbocycles. The Hall–Kier alpha value is -2.11. The summed E-state index contributed by atoms with van der Waals surface area (Å²) in [5.41, 5.74) is 4.05. The Morgan fingerprint density at radius 3 is 2.76 bits per heavy atom. The van der Waals surface area contributed by atoms with Crippen LogP contribution in [-0.2, 0) is 18.3 Å². The largest absolute Gasteiger partial charge is 0.496 e. The van der Waals surface area contributed by atoms with E-state index >= 15 is 0 Å². The Morgan fingerprint density at radius 1 is 1.28 bits per heavy atom. The Bertz CT molecular complexity index is 1030. The van der Waals surface area contributed by atoms with Gasteiger partial charge in [0.25, 0.3) is 5.91 Å². The van der Waals surface area contributed by atoms with Crippen LogP contribution in [0.15, 0.2) is 35.3 Å². The van der Waals surface area contributed by atoms with Crippen LogP contribution >= 0.6 is 22.9 Å². The number of thiazole rings is 1. The van der Waals surface area contributed by atoms with Crippen LogP contribution < -0.4 is 9.54 Å². The molecule has 1 heterocycles. The van der Waals surface area contributed by atoms with Crippen molar-refractivity contribution in [2.24, 2.45) is 12.0 Å². The molecule has 25 heavy (non-hydrogen) atoms. The van der Waals surface area contributed by atoms with Gasteiger partial charge in [0.15, 0.2) is 4.80 Å². The zero-order chi connectivity index (χ0) is 18.1. The molecule has 1 amide bonds. The molecule has 130 valence electrons. The molecule has 4 nitrogen and oxygen atoms in total. The fourth-order valence-corrected chi connectivity index (χ4v) is 4.42. The maximum absolute atomic E-state index is 12.5. The number of aromatic nitrogens is 1. The van der Waals surface area contributed by atoms with Crippen LogP contribution in [0.3, 0.4) is 0 Å². The third kappa shape index (κ3) is 3.62. The number of halogens is 1. The average molecular weight is 375 g/mol. The summed E-state index contributed by atoms with van der Waals surface area (Å²) in [6.07, 6.45) is 0.207. The van der Waals surface area contributed by atoms with Crippen LogP contribution in [0.1, 0.15) is 16.7 Å². The molecule has 0 atom stereocenters. The first-order valence-corrected chi connectivity index (χ1v) is 9.05. The smallest absolute Gasteiger partial charge is 0.252 e. The lowest BCUT2D eigenvalue weighted by atomic mass is 10.1. The SMILES string of the molecule is COc1ccc(C)cc1CC(=O)N=c1sc2cc(Cl)cc(C)c2n1C. The van der Waals surface area contributed by atoms with E-state index in [0.717, 1.165) is 26.9 Å². The van der Waals surface area contributed by atoms with E-state index in [-0.39, 0.29) is 12.3 Å². The number of hydrogen-bond acceptors (Lipinski definition) is 3. The summed E-state index contributed by atoms with van der Waals surface area (Å²) < 4.78 is 8.30. The van der Waals surface area contributed by atoms with E-state index in [1.165, 1.54) is 11.3 Å². The number of amides is 1. The second-order valence-corrected chi connectivity index (χ2v) is 7.46. The first-order valence-electron chi connectivity index (χ1n) is 7.86. The number of aryl methyl sites for hydroxylation is 3. The van der Waals surface area contributed by atoms with Crippen molar-refractivity contribution < 1.29 is 9.53 Å². The van der Waals surface area contributed by atoms with Gasteiger partial charge in [0.05, 0.1) is 23.7 Å². The molecule has 1 aromatic heterocycles. The van der Waals surface area contributed by atoms with Crippen molar-refractivity contribution in [3.8, 4) is 5.75 Å². The Kier molecular flexibility index (Phi) is 4.97. The third-order valence-electron chi connectivity index (χ3n) is 4.05. The lowest BCUT2D eigenvalue weighted by Crippen LogP contribution is -2.14. The number of ether oxygens (including phenoxy) is 1. The van der Waals surface area contributed by atoms with Crippen molar-refractivity contribution in [2.45, 2.75) is 20.3 Å². The summed E-state index contributed by atoms with van der Waals surface area (Å²) in [6, 6.07) is 9.62. The highest BCUT2D eigenvalue weighted by Crippen LogP contribution is 2.25. The predicted molar refractivity (Wildman–Crippen MR) is 103 cm³/mol. The van der Waals surface area contributed by atoms with Crippen molar-refractivity contribution >= 4 is 39.1 Å². The average Bonchev–Trinajstić information content (AvgIpc) is 2.83. The summed E-state index contributed by atoms with van der Waals surface area (Å²) in [4.78, 5) is 17.5. The fourth-order valence-electron chi connectivity index (χ4n) is 2.93. The maximum atomic E-state index is 12.5. The topological polar surface area (TPSA) is 43.6 Å². The normalized spacial score (nSPS) is 12.0. The number of carbonyl (C=O) groups excluding carboxylic acids is 1. The van der Waals surface area contributed by atoms with E-state index in [1.54, 1.807) is 7.11 Å². The van der Waals surface area contributed by atoms with Crippen molar-refractivity contribution in [3.63, 3.8) is 0 Å². The minimum absolute atomic E-state index is 0.199. The second kappa shape index (κ2) is 7.02. The summed E-state index contributed by atoms with van der Waals surface area (Å²) in [5.74, 6) is 0.507. The lowest BCUT2D eigenvalue weighted by Gasteiger charge is -2.07. The molecule has 0 bridgehead atoms. The van der Waals surface area contributed by atoms with Gasteiger partial charge < -0.3 is 9.30 Å². The highest BCUT2D eigenvalue weighted by atomic mass is 35.5. The predicted octanol–water partition coefficient (Wildman–Crippen LogP) is 4.19. The van der Waals surface area contributed by atoms with Gasteiger partial charge in [0.2, 0.25) is 0 Å². The molecule has 0 saturated carbocycles. The Labute approximate surface area is 155 Å². The molecule has 0 aliphatic rings. The molecule has 3 rings (SSSR count).